The molecule has 4 rings (SSSR count). The summed E-state index contributed by atoms with van der Waals surface area (Å²) in [6, 6.07) is 15.3. The molecule has 2 aliphatic rings. The molecule has 2 aromatic carbocycles. The summed E-state index contributed by atoms with van der Waals surface area (Å²) in [5.41, 5.74) is 6.43. The second-order valence-corrected chi connectivity index (χ2v) is 6.67. The van der Waals surface area contributed by atoms with Crippen molar-refractivity contribution >= 4 is 29.3 Å². The van der Waals surface area contributed by atoms with Crippen LogP contribution in [0.1, 0.15) is 11.1 Å². The summed E-state index contributed by atoms with van der Waals surface area (Å²) in [6.07, 6.45) is 1.63. The lowest BCUT2D eigenvalue weighted by atomic mass is 10.1. The Labute approximate surface area is 158 Å². The molecule has 0 unspecified atom stereocenters. The fourth-order valence-corrected chi connectivity index (χ4v) is 3.20. The quantitative estimate of drug-likeness (QED) is 0.671. The molecule has 2 aliphatic heterocycles. The van der Waals surface area contributed by atoms with Crippen LogP contribution in [-0.4, -0.2) is 38.1 Å². The number of benzene rings is 2. The van der Waals surface area contributed by atoms with E-state index in [1.165, 1.54) is 5.01 Å². The zero-order valence-corrected chi connectivity index (χ0v) is 15.1. The van der Waals surface area contributed by atoms with Crippen LogP contribution in [-0.2, 0) is 14.3 Å². The molecule has 0 atom stereocenters. The van der Waals surface area contributed by atoms with Gasteiger partial charge in [-0.3, -0.25) is 15.0 Å². The van der Waals surface area contributed by atoms with Crippen LogP contribution >= 0.6 is 0 Å². The minimum absolute atomic E-state index is 0.134. The van der Waals surface area contributed by atoms with Gasteiger partial charge in [0.05, 0.1) is 18.9 Å². The molecule has 1 N–H and O–H groups in total. The van der Waals surface area contributed by atoms with Gasteiger partial charge in [-0.05, 0) is 42.8 Å². The van der Waals surface area contributed by atoms with Gasteiger partial charge in [-0.15, -0.1) is 0 Å². The third kappa shape index (κ3) is 3.57. The van der Waals surface area contributed by atoms with E-state index in [9.17, 15) is 9.59 Å². The predicted molar refractivity (Wildman–Crippen MR) is 104 cm³/mol. The number of carbonyl (C=O) groups is 2. The van der Waals surface area contributed by atoms with Gasteiger partial charge in [0.25, 0.3) is 11.8 Å². The minimum Gasteiger partial charge on any atom is -0.378 e. The number of carbonyl (C=O) groups excluding carboxylic acids is 2. The van der Waals surface area contributed by atoms with Crippen LogP contribution in [0, 0.1) is 6.92 Å². The van der Waals surface area contributed by atoms with Crippen LogP contribution in [0.25, 0.3) is 6.08 Å². The van der Waals surface area contributed by atoms with Gasteiger partial charge >= 0.3 is 0 Å². The predicted octanol–water partition coefficient (Wildman–Crippen LogP) is 2.29. The average molecular weight is 363 g/mol. The van der Waals surface area contributed by atoms with Crippen LogP contribution in [0.15, 0.2) is 54.1 Å². The number of morpholine rings is 1. The summed E-state index contributed by atoms with van der Waals surface area (Å²) in [6.45, 7) is 5.17. The highest BCUT2D eigenvalue weighted by atomic mass is 16.5. The van der Waals surface area contributed by atoms with Gasteiger partial charge in [-0.25, -0.2) is 5.01 Å². The first-order chi connectivity index (χ1) is 13.1. The van der Waals surface area contributed by atoms with Crippen LogP contribution < -0.4 is 15.3 Å². The molecule has 0 bridgehead atoms. The van der Waals surface area contributed by atoms with Crippen LogP contribution in [0.4, 0.5) is 11.4 Å². The molecule has 2 aromatic rings. The van der Waals surface area contributed by atoms with E-state index >= 15 is 0 Å². The van der Waals surface area contributed by atoms with Gasteiger partial charge in [-0.2, -0.15) is 0 Å². The molecular formula is C21H21N3O3. The molecule has 2 saturated heterocycles. The molecule has 2 fully saturated rings. The number of nitrogens with one attached hydrogen (secondary N) is 1. The fraction of sp³-hybridized carbons (Fsp3) is 0.238. The summed E-state index contributed by atoms with van der Waals surface area (Å²) >= 11 is 0. The van der Waals surface area contributed by atoms with Gasteiger partial charge in [0.2, 0.25) is 0 Å². The number of ether oxygens (including phenoxy) is 1. The van der Waals surface area contributed by atoms with Crippen molar-refractivity contribution in [3.05, 3.63) is 65.2 Å². The molecule has 138 valence electrons. The number of anilines is 2. The highest BCUT2D eigenvalue weighted by Gasteiger charge is 2.34. The van der Waals surface area contributed by atoms with Crippen molar-refractivity contribution < 1.29 is 14.3 Å². The van der Waals surface area contributed by atoms with Gasteiger partial charge in [-0.1, -0.05) is 29.8 Å². The topological polar surface area (TPSA) is 61.9 Å². The van der Waals surface area contributed by atoms with E-state index in [2.05, 4.69) is 10.3 Å². The molecule has 0 spiro atoms. The van der Waals surface area contributed by atoms with Gasteiger partial charge in [0.1, 0.15) is 5.57 Å². The van der Waals surface area contributed by atoms with E-state index in [0.29, 0.717) is 5.69 Å². The highest BCUT2D eigenvalue weighted by molar-refractivity contribution is 6.31. The molecular weight excluding hydrogens is 342 g/mol. The number of hydrazine groups is 1. The molecule has 2 heterocycles. The van der Waals surface area contributed by atoms with Crippen molar-refractivity contribution in [2.75, 3.05) is 36.2 Å². The lowest BCUT2D eigenvalue weighted by Crippen LogP contribution is -2.36. The lowest BCUT2D eigenvalue weighted by molar-refractivity contribution is -0.117. The number of amides is 2. The number of hydrogen-bond acceptors (Lipinski definition) is 4. The van der Waals surface area contributed by atoms with E-state index in [4.69, 9.17) is 4.74 Å². The fourth-order valence-electron chi connectivity index (χ4n) is 3.20. The first-order valence-electron chi connectivity index (χ1n) is 8.98. The Morgan fingerprint density at radius 3 is 2.22 bits per heavy atom. The third-order valence-electron chi connectivity index (χ3n) is 4.76. The van der Waals surface area contributed by atoms with Crippen molar-refractivity contribution in [3.63, 3.8) is 0 Å². The zero-order chi connectivity index (χ0) is 18.8. The second-order valence-electron chi connectivity index (χ2n) is 6.67. The van der Waals surface area contributed by atoms with E-state index < -0.39 is 5.91 Å². The molecule has 2 amide bonds. The summed E-state index contributed by atoms with van der Waals surface area (Å²) < 4.78 is 5.37. The maximum Gasteiger partial charge on any atom is 0.282 e. The van der Waals surface area contributed by atoms with Crippen LogP contribution in [0.5, 0.6) is 0 Å². The van der Waals surface area contributed by atoms with E-state index in [1.807, 2.05) is 55.5 Å². The Morgan fingerprint density at radius 2 is 1.56 bits per heavy atom. The maximum atomic E-state index is 12.7. The number of aryl methyl sites for hydroxylation is 1. The molecule has 0 saturated carbocycles. The third-order valence-corrected chi connectivity index (χ3v) is 4.76. The molecule has 0 aromatic heterocycles. The number of rotatable bonds is 3. The van der Waals surface area contributed by atoms with Crippen molar-refractivity contribution in [2.45, 2.75) is 6.92 Å². The smallest absolute Gasteiger partial charge is 0.282 e. The minimum atomic E-state index is -0.391. The van der Waals surface area contributed by atoms with Gasteiger partial charge in [0.15, 0.2) is 0 Å². The normalized spacial score (nSPS) is 18.9. The Kier molecular flexibility index (Phi) is 4.64. The van der Waals surface area contributed by atoms with Crippen molar-refractivity contribution in [2.24, 2.45) is 0 Å². The standard InChI is InChI=1S/C21H21N3O3/c1-15-2-6-18(7-3-15)24-21(26)19(20(25)22-24)14-16-4-8-17(9-5-16)23-10-12-27-13-11-23/h2-9,14H,10-13H2,1H3,(H,22,25). The first kappa shape index (κ1) is 17.3. The highest BCUT2D eigenvalue weighted by Crippen LogP contribution is 2.23. The first-order valence-corrected chi connectivity index (χ1v) is 8.98. The zero-order valence-electron chi connectivity index (χ0n) is 15.1. The molecule has 0 aliphatic carbocycles. The summed E-state index contributed by atoms with van der Waals surface area (Å²) in [5.74, 6) is -0.737. The Morgan fingerprint density at radius 1 is 0.926 bits per heavy atom. The van der Waals surface area contributed by atoms with Gasteiger partial charge < -0.3 is 9.64 Å². The summed E-state index contributed by atoms with van der Waals surface area (Å²) in [5, 5.41) is 1.29. The van der Waals surface area contributed by atoms with Crippen LogP contribution in [0.3, 0.4) is 0 Å². The van der Waals surface area contributed by atoms with E-state index in [-0.39, 0.29) is 11.5 Å². The van der Waals surface area contributed by atoms with Gasteiger partial charge in [0, 0.05) is 18.8 Å². The average Bonchev–Trinajstić information content (AvgIpc) is 2.98. The second kappa shape index (κ2) is 7.25. The SMILES string of the molecule is Cc1ccc(N2NC(=O)C(=Cc3ccc(N4CCOCC4)cc3)C2=O)cc1. The summed E-state index contributed by atoms with van der Waals surface area (Å²) in [7, 11) is 0. The maximum absolute atomic E-state index is 12.7. The van der Waals surface area contributed by atoms with Crippen molar-refractivity contribution in [1.29, 1.82) is 0 Å². The van der Waals surface area contributed by atoms with Crippen molar-refractivity contribution in [3.8, 4) is 0 Å². The molecule has 27 heavy (non-hydrogen) atoms. The van der Waals surface area contributed by atoms with E-state index in [0.717, 1.165) is 43.1 Å². The Hall–Kier alpha value is -3.12. The number of nitrogens with zero attached hydrogens (tertiary/aromatic N) is 2. The summed E-state index contributed by atoms with van der Waals surface area (Å²) in [4.78, 5) is 27.2. The van der Waals surface area contributed by atoms with Crippen molar-refractivity contribution in [1.82, 2.24) is 5.43 Å². The largest absolute Gasteiger partial charge is 0.378 e. The number of hydrogen-bond donors (Lipinski definition) is 1. The molecule has 6 heteroatoms. The Balaban J connectivity index is 1.53. The molecule has 0 radical (unpaired) electrons. The monoisotopic (exact) mass is 363 g/mol. The lowest BCUT2D eigenvalue weighted by Gasteiger charge is -2.28. The molecule has 6 nitrogen and oxygen atoms in total. The van der Waals surface area contributed by atoms with E-state index in [1.54, 1.807) is 6.08 Å². The Bertz CT molecular complexity index is 882. The van der Waals surface area contributed by atoms with Crippen LogP contribution in [0.2, 0.25) is 0 Å².